The summed E-state index contributed by atoms with van der Waals surface area (Å²) in [7, 11) is 0. The molecule has 2 aromatic rings. The Morgan fingerprint density at radius 2 is 1.91 bits per heavy atom. The molecule has 1 N–H and O–H groups in total. The number of nitrogens with one attached hydrogen (secondary N) is 1. The van der Waals surface area contributed by atoms with Gasteiger partial charge in [0.05, 0.1) is 6.42 Å². The Morgan fingerprint density at radius 1 is 1.18 bits per heavy atom. The van der Waals surface area contributed by atoms with Crippen LogP contribution in [0.15, 0.2) is 61.2 Å². The van der Waals surface area contributed by atoms with Gasteiger partial charge in [0.1, 0.15) is 11.9 Å². The number of carbonyl (C=O) groups excluding carboxylic acids is 1. The quantitative estimate of drug-likeness (QED) is 0.851. The lowest BCUT2D eigenvalue weighted by atomic mass is 10.1. The van der Waals surface area contributed by atoms with Crippen LogP contribution in [0.3, 0.4) is 0 Å². The number of rotatable bonds is 6. The van der Waals surface area contributed by atoms with E-state index >= 15 is 0 Å². The summed E-state index contributed by atoms with van der Waals surface area (Å²) in [5.74, 6) is 0.703. The van der Waals surface area contributed by atoms with Crippen LogP contribution in [0.25, 0.3) is 5.57 Å². The molecule has 2 aromatic carbocycles. The molecule has 3 heteroatoms. The Balaban J connectivity index is 1.90. The maximum Gasteiger partial charge on any atom is 0.228 e. The third-order valence-corrected chi connectivity index (χ3v) is 3.19. The fourth-order valence-corrected chi connectivity index (χ4v) is 2.11. The SMILES string of the molecule is C=C(C)c1cccc(NC(=O)CC(C)Oc2ccccc2)c1. The van der Waals surface area contributed by atoms with E-state index in [0.717, 1.165) is 22.6 Å². The van der Waals surface area contributed by atoms with Gasteiger partial charge in [0.15, 0.2) is 0 Å². The largest absolute Gasteiger partial charge is 0.490 e. The summed E-state index contributed by atoms with van der Waals surface area (Å²) in [6, 6.07) is 17.2. The number of carbonyl (C=O) groups is 1. The number of ether oxygens (including phenoxy) is 1. The van der Waals surface area contributed by atoms with Gasteiger partial charge in [-0.3, -0.25) is 4.79 Å². The van der Waals surface area contributed by atoms with Crippen LogP contribution in [0, 0.1) is 0 Å². The van der Waals surface area contributed by atoms with Gasteiger partial charge in [0.2, 0.25) is 5.91 Å². The second-order valence-electron chi connectivity index (χ2n) is 5.35. The topological polar surface area (TPSA) is 38.3 Å². The monoisotopic (exact) mass is 295 g/mol. The van der Waals surface area contributed by atoms with Crippen LogP contribution in [-0.2, 0) is 4.79 Å². The predicted octanol–water partition coefficient (Wildman–Crippen LogP) is 4.52. The van der Waals surface area contributed by atoms with E-state index in [9.17, 15) is 4.79 Å². The summed E-state index contributed by atoms with van der Waals surface area (Å²) in [4.78, 5) is 12.1. The molecule has 1 unspecified atom stereocenters. The van der Waals surface area contributed by atoms with Gasteiger partial charge in [-0.05, 0) is 43.7 Å². The van der Waals surface area contributed by atoms with Crippen molar-refractivity contribution in [2.24, 2.45) is 0 Å². The lowest BCUT2D eigenvalue weighted by Crippen LogP contribution is -2.22. The molecule has 1 atom stereocenters. The van der Waals surface area contributed by atoms with Crippen LogP contribution in [0.2, 0.25) is 0 Å². The summed E-state index contributed by atoms with van der Waals surface area (Å²) < 4.78 is 5.71. The molecular weight excluding hydrogens is 274 g/mol. The Morgan fingerprint density at radius 3 is 2.59 bits per heavy atom. The molecule has 1 amide bonds. The van der Waals surface area contributed by atoms with Crippen molar-refractivity contribution >= 4 is 17.2 Å². The molecule has 0 aliphatic rings. The molecule has 0 saturated heterocycles. The molecule has 0 radical (unpaired) electrons. The number of para-hydroxylation sites is 1. The number of hydrogen-bond acceptors (Lipinski definition) is 2. The molecule has 114 valence electrons. The van der Waals surface area contributed by atoms with Crippen LogP contribution >= 0.6 is 0 Å². The summed E-state index contributed by atoms with van der Waals surface area (Å²) in [6.07, 6.45) is 0.110. The second-order valence-corrected chi connectivity index (χ2v) is 5.35. The highest BCUT2D eigenvalue weighted by Crippen LogP contribution is 2.17. The van der Waals surface area contributed by atoms with E-state index in [2.05, 4.69) is 11.9 Å². The standard InChI is InChI=1S/C19H21NO2/c1-14(2)16-8-7-9-17(13-16)20-19(21)12-15(3)22-18-10-5-4-6-11-18/h4-11,13,15H,1,12H2,2-3H3,(H,20,21). The molecule has 0 spiro atoms. The van der Waals surface area contributed by atoms with E-state index in [0.29, 0.717) is 6.42 Å². The molecule has 0 aliphatic carbocycles. The summed E-state index contributed by atoms with van der Waals surface area (Å²) >= 11 is 0. The smallest absolute Gasteiger partial charge is 0.228 e. The summed E-state index contributed by atoms with van der Waals surface area (Å²) in [5.41, 5.74) is 2.76. The van der Waals surface area contributed by atoms with E-state index in [1.807, 2.05) is 68.4 Å². The minimum absolute atomic E-state index is 0.0673. The first-order chi connectivity index (χ1) is 10.5. The molecular formula is C19H21NO2. The number of amides is 1. The molecule has 0 bridgehead atoms. The van der Waals surface area contributed by atoms with Crippen LogP contribution in [0.4, 0.5) is 5.69 Å². The summed E-state index contributed by atoms with van der Waals surface area (Å²) in [5, 5.41) is 2.89. The van der Waals surface area contributed by atoms with Crippen LogP contribution in [-0.4, -0.2) is 12.0 Å². The van der Waals surface area contributed by atoms with Crippen LogP contribution < -0.4 is 10.1 Å². The van der Waals surface area contributed by atoms with Crippen molar-refractivity contribution in [3.05, 3.63) is 66.7 Å². The lowest BCUT2D eigenvalue weighted by molar-refractivity contribution is -0.117. The predicted molar refractivity (Wildman–Crippen MR) is 90.9 cm³/mol. The fourth-order valence-electron chi connectivity index (χ4n) is 2.11. The van der Waals surface area contributed by atoms with E-state index in [4.69, 9.17) is 4.74 Å². The highest BCUT2D eigenvalue weighted by molar-refractivity contribution is 5.91. The zero-order valence-electron chi connectivity index (χ0n) is 13.0. The maximum atomic E-state index is 12.1. The number of hydrogen-bond donors (Lipinski definition) is 1. The van der Waals surface area contributed by atoms with Gasteiger partial charge in [-0.2, -0.15) is 0 Å². The number of allylic oxidation sites excluding steroid dienone is 1. The Kier molecular flexibility index (Phi) is 5.37. The zero-order chi connectivity index (χ0) is 15.9. The Bertz CT molecular complexity index is 649. The highest BCUT2D eigenvalue weighted by atomic mass is 16.5. The molecule has 0 aromatic heterocycles. The third kappa shape index (κ3) is 4.77. The Hall–Kier alpha value is -2.55. The van der Waals surface area contributed by atoms with Crippen molar-refractivity contribution < 1.29 is 9.53 Å². The fraction of sp³-hybridized carbons (Fsp3) is 0.211. The average Bonchev–Trinajstić information content (AvgIpc) is 2.48. The van der Waals surface area contributed by atoms with Gasteiger partial charge in [0, 0.05) is 5.69 Å². The molecule has 3 nitrogen and oxygen atoms in total. The molecule has 22 heavy (non-hydrogen) atoms. The molecule has 0 heterocycles. The minimum Gasteiger partial charge on any atom is -0.490 e. The van der Waals surface area contributed by atoms with Crippen molar-refractivity contribution in [3.8, 4) is 5.75 Å². The van der Waals surface area contributed by atoms with E-state index in [1.54, 1.807) is 0 Å². The Labute approximate surface area is 131 Å². The first-order valence-electron chi connectivity index (χ1n) is 7.32. The molecule has 0 saturated carbocycles. The average molecular weight is 295 g/mol. The minimum atomic E-state index is -0.188. The van der Waals surface area contributed by atoms with Crippen LogP contribution in [0.1, 0.15) is 25.8 Å². The van der Waals surface area contributed by atoms with Gasteiger partial charge in [-0.25, -0.2) is 0 Å². The maximum absolute atomic E-state index is 12.1. The van der Waals surface area contributed by atoms with Crippen molar-refractivity contribution in [2.75, 3.05) is 5.32 Å². The molecule has 0 aliphatic heterocycles. The van der Waals surface area contributed by atoms with Gasteiger partial charge in [0.25, 0.3) is 0 Å². The van der Waals surface area contributed by atoms with E-state index in [-0.39, 0.29) is 12.0 Å². The van der Waals surface area contributed by atoms with E-state index in [1.165, 1.54) is 0 Å². The van der Waals surface area contributed by atoms with Crippen molar-refractivity contribution in [2.45, 2.75) is 26.4 Å². The number of anilines is 1. The van der Waals surface area contributed by atoms with Crippen LogP contribution in [0.5, 0.6) is 5.75 Å². The second kappa shape index (κ2) is 7.46. The van der Waals surface area contributed by atoms with Gasteiger partial charge >= 0.3 is 0 Å². The first-order valence-corrected chi connectivity index (χ1v) is 7.32. The zero-order valence-corrected chi connectivity index (χ0v) is 13.0. The molecule has 2 rings (SSSR count). The molecule has 0 fully saturated rings. The first kappa shape index (κ1) is 15.8. The number of benzene rings is 2. The van der Waals surface area contributed by atoms with Gasteiger partial charge < -0.3 is 10.1 Å². The van der Waals surface area contributed by atoms with Crippen molar-refractivity contribution in [1.29, 1.82) is 0 Å². The lowest BCUT2D eigenvalue weighted by Gasteiger charge is -2.14. The van der Waals surface area contributed by atoms with Gasteiger partial charge in [-0.1, -0.05) is 42.5 Å². The van der Waals surface area contributed by atoms with Gasteiger partial charge in [-0.15, -0.1) is 0 Å². The summed E-state index contributed by atoms with van der Waals surface area (Å²) in [6.45, 7) is 7.74. The van der Waals surface area contributed by atoms with Crippen molar-refractivity contribution in [1.82, 2.24) is 0 Å². The highest BCUT2D eigenvalue weighted by Gasteiger charge is 2.11. The van der Waals surface area contributed by atoms with Crippen molar-refractivity contribution in [3.63, 3.8) is 0 Å². The normalized spacial score (nSPS) is 11.5. The third-order valence-electron chi connectivity index (χ3n) is 3.19. The van der Waals surface area contributed by atoms with E-state index < -0.39 is 0 Å².